The Bertz CT molecular complexity index is 811. The third-order valence-corrected chi connectivity index (χ3v) is 4.26. The maximum absolute atomic E-state index is 6.02. The van der Waals surface area contributed by atoms with Crippen LogP contribution in [-0.2, 0) is 5.41 Å². The Morgan fingerprint density at radius 3 is 2.12 bits per heavy atom. The molecule has 3 aromatic rings. The van der Waals surface area contributed by atoms with Gasteiger partial charge in [-0.2, -0.15) is 0 Å². The number of para-hydroxylation sites is 1. The van der Waals surface area contributed by atoms with Crippen LogP contribution in [0.5, 0.6) is 17.2 Å². The summed E-state index contributed by atoms with van der Waals surface area (Å²) >= 11 is 5.97. The molecule has 0 N–H and O–H groups in total. The first kappa shape index (κ1) is 17.4. The van der Waals surface area contributed by atoms with Crippen molar-refractivity contribution in [3.05, 3.63) is 89.4 Å². The number of rotatable bonds is 6. The molecular weight excluding hydrogens is 332 g/mol. The minimum absolute atomic E-state index is 0.124. The van der Waals surface area contributed by atoms with Crippen molar-refractivity contribution in [3.8, 4) is 17.2 Å². The summed E-state index contributed by atoms with van der Waals surface area (Å²) in [5.41, 5.74) is 1.06. The van der Waals surface area contributed by atoms with Gasteiger partial charge in [0.25, 0.3) is 0 Å². The second kappa shape index (κ2) is 7.62. The molecule has 2 nitrogen and oxygen atoms in total. The summed E-state index contributed by atoms with van der Waals surface area (Å²) in [4.78, 5) is 0. The second-order valence-corrected chi connectivity index (χ2v) is 7.01. The lowest BCUT2D eigenvalue weighted by atomic mass is 9.86. The van der Waals surface area contributed by atoms with Crippen molar-refractivity contribution in [2.45, 2.75) is 19.3 Å². The second-order valence-electron chi connectivity index (χ2n) is 6.57. The van der Waals surface area contributed by atoms with Crippen molar-refractivity contribution < 1.29 is 9.47 Å². The standard InChI is InChI=1S/C22H21ClO2/c1-22(2,17-11-13-18(23)14-12-17)16-24-20-9-6-10-21(15-20)25-19-7-4-3-5-8-19/h3-15H,16H2,1-2H3. The summed E-state index contributed by atoms with van der Waals surface area (Å²) < 4.78 is 11.9. The fraction of sp³-hybridized carbons (Fsp3) is 0.182. The van der Waals surface area contributed by atoms with Crippen LogP contribution in [0.2, 0.25) is 5.02 Å². The molecular formula is C22H21ClO2. The average Bonchev–Trinajstić information content (AvgIpc) is 2.62. The molecule has 0 saturated carbocycles. The summed E-state index contributed by atoms with van der Waals surface area (Å²) in [6.45, 7) is 4.87. The highest BCUT2D eigenvalue weighted by Gasteiger charge is 2.21. The van der Waals surface area contributed by atoms with Crippen LogP contribution in [0.3, 0.4) is 0 Å². The van der Waals surface area contributed by atoms with Crippen LogP contribution >= 0.6 is 11.6 Å². The number of benzene rings is 3. The Labute approximate surface area is 154 Å². The van der Waals surface area contributed by atoms with Gasteiger partial charge in [-0.05, 0) is 42.0 Å². The SMILES string of the molecule is CC(C)(COc1cccc(Oc2ccccc2)c1)c1ccc(Cl)cc1. The molecule has 0 aliphatic carbocycles. The van der Waals surface area contributed by atoms with Crippen molar-refractivity contribution in [3.63, 3.8) is 0 Å². The van der Waals surface area contributed by atoms with E-state index in [0.29, 0.717) is 6.61 Å². The van der Waals surface area contributed by atoms with Crippen LogP contribution in [0, 0.1) is 0 Å². The van der Waals surface area contributed by atoms with Gasteiger partial charge in [-0.15, -0.1) is 0 Å². The van der Waals surface area contributed by atoms with Gasteiger partial charge < -0.3 is 9.47 Å². The van der Waals surface area contributed by atoms with E-state index in [4.69, 9.17) is 21.1 Å². The molecule has 0 fully saturated rings. The van der Waals surface area contributed by atoms with Crippen LogP contribution in [-0.4, -0.2) is 6.61 Å². The molecule has 25 heavy (non-hydrogen) atoms. The average molecular weight is 353 g/mol. The molecule has 0 aliphatic rings. The van der Waals surface area contributed by atoms with Crippen LogP contribution in [0.1, 0.15) is 19.4 Å². The van der Waals surface area contributed by atoms with E-state index in [9.17, 15) is 0 Å². The Balaban J connectivity index is 1.66. The zero-order chi connectivity index (χ0) is 17.7. The van der Waals surface area contributed by atoms with Crippen LogP contribution < -0.4 is 9.47 Å². The van der Waals surface area contributed by atoms with E-state index < -0.39 is 0 Å². The van der Waals surface area contributed by atoms with Gasteiger partial charge in [0.2, 0.25) is 0 Å². The van der Waals surface area contributed by atoms with Crippen molar-refractivity contribution in [2.75, 3.05) is 6.61 Å². The Kier molecular flexibility index (Phi) is 5.30. The van der Waals surface area contributed by atoms with Crippen molar-refractivity contribution in [1.82, 2.24) is 0 Å². The zero-order valence-corrected chi connectivity index (χ0v) is 15.2. The first-order valence-electron chi connectivity index (χ1n) is 8.25. The summed E-state index contributed by atoms with van der Waals surface area (Å²) in [7, 11) is 0. The monoisotopic (exact) mass is 352 g/mol. The highest BCUT2D eigenvalue weighted by Crippen LogP contribution is 2.28. The van der Waals surface area contributed by atoms with Gasteiger partial charge in [-0.1, -0.05) is 61.8 Å². The first-order chi connectivity index (χ1) is 12.0. The molecule has 3 aromatic carbocycles. The zero-order valence-electron chi connectivity index (χ0n) is 14.4. The van der Waals surface area contributed by atoms with Gasteiger partial charge in [0.15, 0.2) is 0 Å². The van der Waals surface area contributed by atoms with Gasteiger partial charge in [0.1, 0.15) is 17.2 Å². The topological polar surface area (TPSA) is 18.5 Å². The molecule has 0 atom stereocenters. The predicted octanol–water partition coefficient (Wildman–Crippen LogP) is 6.49. The molecule has 0 unspecified atom stereocenters. The van der Waals surface area contributed by atoms with E-state index >= 15 is 0 Å². The lowest BCUT2D eigenvalue weighted by Crippen LogP contribution is -2.26. The third kappa shape index (κ3) is 4.77. The number of halogens is 1. The van der Waals surface area contributed by atoms with E-state index in [1.807, 2.05) is 78.9 Å². The highest BCUT2D eigenvalue weighted by molar-refractivity contribution is 6.30. The van der Waals surface area contributed by atoms with Crippen LogP contribution in [0.25, 0.3) is 0 Å². The Morgan fingerprint density at radius 2 is 1.40 bits per heavy atom. The molecule has 0 saturated heterocycles. The predicted molar refractivity (Wildman–Crippen MR) is 103 cm³/mol. The molecule has 0 radical (unpaired) electrons. The molecule has 3 heteroatoms. The van der Waals surface area contributed by atoms with Crippen LogP contribution in [0.15, 0.2) is 78.9 Å². The Morgan fingerprint density at radius 1 is 0.760 bits per heavy atom. The molecule has 128 valence electrons. The smallest absolute Gasteiger partial charge is 0.131 e. The summed E-state index contributed by atoms with van der Waals surface area (Å²) in [5.74, 6) is 2.35. The van der Waals surface area contributed by atoms with Gasteiger partial charge in [0, 0.05) is 16.5 Å². The largest absolute Gasteiger partial charge is 0.493 e. The molecule has 3 rings (SSSR count). The summed E-state index contributed by atoms with van der Waals surface area (Å²) in [6, 6.07) is 25.3. The molecule has 0 heterocycles. The van der Waals surface area contributed by atoms with Crippen molar-refractivity contribution >= 4 is 11.6 Å². The number of hydrogen-bond acceptors (Lipinski definition) is 2. The summed E-state index contributed by atoms with van der Waals surface area (Å²) in [5, 5.41) is 0.742. The van der Waals surface area contributed by atoms with E-state index in [1.54, 1.807) is 0 Å². The van der Waals surface area contributed by atoms with Crippen molar-refractivity contribution in [1.29, 1.82) is 0 Å². The van der Waals surface area contributed by atoms with E-state index in [-0.39, 0.29) is 5.41 Å². The normalized spacial score (nSPS) is 11.2. The third-order valence-electron chi connectivity index (χ3n) is 4.01. The van der Waals surface area contributed by atoms with Gasteiger partial charge in [0.05, 0.1) is 6.61 Å². The fourth-order valence-electron chi connectivity index (χ4n) is 2.50. The van der Waals surface area contributed by atoms with Crippen LogP contribution in [0.4, 0.5) is 0 Å². The number of hydrogen-bond donors (Lipinski definition) is 0. The quantitative estimate of drug-likeness (QED) is 0.504. The molecule has 0 bridgehead atoms. The molecule has 0 amide bonds. The van der Waals surface area contributed by atoms with Crippen molar-refractivity contribution in [2.24, 2.45) is 0 Å². The van der Waals surface area contributed by atoms with Gasteiger partial charge in [-0.3, -0.25) is 0 Å². The van der Waals surface area contributed by atoms with E-state index in [2.05, 4.69) is 13.8 Å². The molecule has 0 spiro atoms. The van der Waals surface area contributed by atoms with Gasteiger partial charge in [-0.25, -0.2) is 0 Å². The lowest BCUT2D eigenvalue weighted by Gasteiger charge is -2.25. The fourth-order valence-corrected chi connectivity index (χ4v) is 2.63. The molecule has 0 aliphatic heterocycles. The highest BCUT2D eigenvalue weighted by atomic mass is 35.5. The minimum Gasteiger partial charge on any atom is -0.493 e. The maximum atomic E-state index is 6.02. The lowest BCUT2D eigenvalue weighted by molar-refractivity contribution is 0.240. The molecule has 0 aromatic heterocycles. The minimum atomic E-state index is -0.124. The first-order valence-corrected chi connectivity index (χ1v) is 8.62. The number of ether oxygens (including phenoxy) is 2. The van der Waals surface area contributed by atoms with Gasteiger partial charge >= 0.3 is 0 Å². The van der Waals surface area contributed by atoms with E-state index in [1.165, 1.54) is 5.56 Å². The Hall–Kier alpha value is -2.45. The summed E-state index contributed by atoms with van der Waals surface area (Å²) in [6.07, 6.45) is 0. The van der Waals surface area contributed by atoms with E-state index in [0.717, 1.165) is 22.3 Å². The maximum Gasteiger partial charge on any atom is 0.131 e.